The lowest BCUT2D eigenvalue weighted by molar-refractivity contribution is 0.0696. The van der Waals surface area contributed by atoms with E-state index >= 15 is 0 Å². The Morgan fingerprint density at radius 2 is 1.87 bits per heavy atom. The average molecular weight is 403 g/mol. The van der Waals surface area contributed by atoms with Crippen molar-refractivity contribution < 1.29 is 17.9 Å². The number of methoxy groups -OCH3 is 1. The van der Waals surface area contributed by atoms with Crippen LogP contribution in [0.2, 0.25) is 0 Å². The molecule has 1 aliphatic heterocycles. The molecule has 3 rings (SSSR count). The number of benzene rings is 1. The Balaban J connectivity index is 1.69. The van der Waals surface area contributed by atoms with Crippen molar-refractivity contribution in [2.24, 2.45) is 0 Å². The molecule has 0 radical (unpaired) electrons. The molecule has 1 heterocycles. The number of amides is 1. The standard InChI is InChI=1S/C15H19BrN2O4S/c1-22-11-2-5-14(16)13(10-11)15(19)17-6-8-18(9-7-17)23(20,21)12-3-4-12/h2,5,10,12H,3-4,6-9H2,1H3. The summed E-state index contributed by atoms with van der Waals surface area (Å²) in [5.74, 6) is 0.505. The van der Waals surface area contributed by atoms with E-state index in [-0.39, 0.29) is 11.2 Å². The van der Waals surface area contributed by atoms with Gasteiger partial charge in [0.05, 0.1) is 17.9 Å². The van der Waals surface area contributed by atoms with Crippen molar-refractivity contribution in [1.82, 2.24) is 9.21 Å². The second-order valence-corrected chi connectivity index (χ2v) is 8.85. The highest BCUT2D eigenvalue weighted by molar-refractivity contribution is 9.10. The smallest absolute Gasteiger partial charge is 0.255 e. The maximum atomic E-state index is 12.7. The molecule has 0 bridgehead atoms. The Morgan fingerprint density at radius 3 is 2.43 bits per heavy atom. The van der Waals surface area contributed by atoms with Gasteiger partial charge in [0.15, 0.2) is 0 Å². The van der Waals surface area contributed by atoms with Gasteiger partial charge in [0, 0.05) is 30.7 Å². The van der Waals surface area contributed by atoms with Crippen LogP contribution < -0.4 is 4.74 Å². The van der Waals surface area contributed by atoms with Crippen molar-refractivity contribution in [1.29, 1.82) is 0 Å². The highest BCUT2D eigenvalue weighted by Gasteiger charge is 2.41. The van der Waals surface area contributed by atoms with Crippen LogP contribution in [0, 0.1) is 0 Å². The molecule has 126 valence electrons. The minimum absolute atomic E-state index is 0.112. The number of hydrogen-bond donors (Lipinski definition) is 0. The molecule has 1 saturated heterocycles. The van der Waals surface area contributed by atoms with Crippen LogP contribution in [0.5, 0.6) is 5.75 Å². The topological polar surface area (TPSA) is 66.9 Å². The van der Waals surface area contributed by atoms with E-state index in [1.807, 2.05) is 0 Å². The van der Waals surface area contributed by atoms with E-state index in [2.05, 4.69) is 15.9 Å². The van der Waals surface area contributed by atoms with E-state index in [4.69, 9.17) is 4.74 Å². The zero-order valence-electron chi connectivity index (χ0n) is 12.9. The van der Waals surface area contributed by atoms with Gasteiger partial charge in [-0.1, -0.05) is 0 Å². The van der Waals surface area contributed by atoms with Gasteiger partial charge < -0.3 is 9.64 Å². The van der Waals surface area contributed by atoms with Crippen LogP contribution in [-0.4, -0.2) is 62.1 Å². The third-order valence-electron chi connectivity index (χ3n) is 4.24. The predicted molar refractivity (Wildman–Crippen MR) is 90.1 cm³/mol. The van der Waals surface area contributed by atoms with Crippen molar-refractivity contribution in [3.63, 3.8) is 0 Å². The average Bonchev–Trinajstić information content (AvgIpc) is 3.40. The minimum atomic E-state index is -3.16. The second-order valence-electron chi connectivity index (χ2n) is 5.78. The normalized spacial score (nSPS) is 19.7. The number of carbonyl (C=O) groups excluding carboxylic acids is 1. The van der Waals surface area contributed by atoms with E-state index in [0.717, 1.165) is 12.8 Å². The number of ether oxygens (including phenoxy) is 1. The van der Waals surface area contributed by atoms with Gasteiger partial charge in [0.1, 0.15) is 5.75 Å². The highest BCUT2D eigenvalue weighted by Crippen LogP contribution is 2.31. The Hall–Kier alpha value is -1.12. The Kier molecular flexibility index (Phi) is 4.66. The highest BCUT2D eigenvalue weighted by atomic mass is 79.9. The van der Waals surface area contributed by atoms with Crippen LogP contribution in [0.1, 0.15) is 23.2 Å². The summed E-state index contributed by atoms with van der Waals surface area (Å²) in [6.45, 7) is 1.56. The SMILES string of the molecule is COc1ccc(Br)c(C(=O)N2CCN(S(=O)(=O)C3CC3)CC2)c1. The fourth-order valence-electron chi connectivity index (χ4n) is 2.69. The monoisotopic (exact) mass is 402 g/mol. The molecule has 0 N–H and O–H groups in total. The van der Waals surface area contributed by atoms with Crippen molar-refractivity contribution in [2.45, 2.75) is 18.1 Å². The summed E-state index contributed by atoms with van der Waals surface area (Å²) in [4.78, 5) is 14.4. The molecule has 1 aliphatic carbocycles. The van der Waals surface area contributed by atoms with Gasteiger partial charge in [-0.2, -0.15) is 4.31 Å². The first-order chi connectivity index (χ1) is 10.9. The van der Waals surface area contributed by atoms with Crippen LogP contribution in [-0.2, 0) is 10.0 Å². The summed E-state index contributed by atoms with van der Waals surface area (Å²) in [7, 11) is -1.60. The third-order valence-corrected chi connectivity index (χ3v) is 7.33. The number of halogens is 1. The summed E-state index contributed by atoms with van der Waals surface area (Å²) in [6.07, 6.45) is 1.52. The molecule has 1 amide bonds. The molecule has 0 spiro atoms. The number of piperazine rings is 1. The van der Waals surface area contributed by atoms with E-state index in [9.17, 15) is 13.2 Å². The fraction of sp³-hybridized carbons (Fsp3) is 0.533. The lowest BCUT2D eigenvalue weighted by atomic mass is 10.1. The van der Waals surface area contributed by atoms with Gasteiger partial charge in [-0.3, -0.25) is 4.79 Å². The van der Waals surface area contributed by atoms with Crippen molar-refractivity contribution >= 4 is 31.9 Å². The molecule has 0 unspecified atom stereocenters. The number of rotatable bonds is 4. The minimum Gasteiger partial charge on any atom is -0.497 e. The van der Waals surface area contributed by atoms with Crippen LogP contribution in [0.25, 0.3) is 0 Å². The van der Waals surface area contributed by atoms with E-state index in [1.165, 1.54) is 4.31 Å². The molecule has 8 heteroatoms. The molecule has 1 aromatic carbocycles. The van der Waals surface area contributed by atoms with E-state index in [1.54, 1.807) is 30.2 Å². The predicted octanol–water partition coefficient (Wildman–Crippen LogP) is 1.71. The molecule has 1 saturated carbocycles. The molecular weight excluding hydrogens is 384 g/mol. The lowest BCUT2D eigenvalue weighted by Gasteiger charge is -2.34. The van der Waals surface area contributed by atoms with E-state index in [0.29, 0.717) is 42.0 Å². The summed E-state index contributed by atoms with van der Waals surface area (Å²) in [6, 6.07) is 5.25. The van der Waals surface area contributed by atoms with Crippen LogP contribution >= 0.6 is 15.9 Å². The largest absolute Gasteiger partial charge is 0.497 e. The number of carbonyl (C=O) groups is 1. The Morgan fingerprint density at radius 1 is 1.22 bits per heavy atom. The maximum Gasteiger partial charge on any atom is 0.255 e. The summed E-state index contributed by atoms with van der Waals surface area (Å²) in [5.41, 5.74) is 0.530. The Bertz CT molecular complexity index is 710. The van der Waals surface area contributed by atoms with Gasteiger partial charge >= 0.3 is 0 Å². The maximum absolute atomic E-state index is 12.7. The quantitative estimate of drug-likeness (QED) is 0.768. The van der Waals surface area contributed by atoms with Gasteiger partial charge in [0.25, 0.3) is 5.91 Å². The fourth-order valence-corrected chi connectivity index (χ4v) is 4.93. The summed E-state index contributed by atoms with van der Waals surface area (Å²) < 4.78 is 31.9. The molecule has 1 aromatic rings. The lowest BCUT2D eigenvalue weighted by Crippen LogP contribution is -2.51. The number of nitrogens with zero attached hydrogens (tertiary/aromatic N) is 2. The molecule has 6 nitrogen and oxygen atoms in total. The van der Waals surface area contributed by atoms with Crippen LogP contribution in [0.4, 0.5) is 0 Å². The van der Waals surface area contributed by atoms with Crippen molar-refractivity contribution in [2.75, 3.05) is 33.3 Å². The Labute approximate surface area is 144 Å². The first-order valence-electron chi connectivity index (χ1n) is 7.55. The van der Waals surface area contributed by atoms with Gasteiger partial charge in [-0.25, -0.2) is 8.42 Å². The second kappa shape index (κ2) is 6.41. The molecule has 0 atom stereocenters. The van der Waals surface area contributed by atoms with Gasteiger partial charge in [-0.05, 0) is 47.0 Å². The van der Waals surface area contributed by atoms with Crippen LogP contribution in [0.3, 0.4) is 0 Å². The van der Waals surface area contributed by atoms with Gasteiger partial charge in [-0.15, -0.1) is 0 Å². The molecule has 2 aliphatic rings. The zero-order chi connectivity index (χ0) is 16.6. The summed E-state index contributed by atoms with van der Waals surface area (Å²) >= 11 is 3.39. The van der Waals surface area contributed by atoms with Crippen molar-refractivity contribution in [3.05, 3.63) is 28.2 Å². The van der Waals surface area contributed by atoms with Gasteiger partial charge in [0.2, 0.25) is 10.0 Å². The molecular formula is C15H19BrN2O4S. The summed E-state index contributed by atoms with van der Waals surface area (Å²) in [5, 5.41) is -0.197. The van der Waals surface area contributed by atoms with Crippen LogP contribution in [0.15, 0.2) is 22.7 Å². The number of hydrogen-bond acceptors (Lipinski definition) is 4. The first kappa shape index (κ1) is 16.7. The third kappa shape index (κ3) is 3.39. The molecule has 2 fully saturated rings. The first-order valence-corrected chi connectivity index (χ1v) is 9.85. The molecule has 23 heavy (non-hydrogen) atoms. The number of sulfonamides is 1. The van der Waals surface area contributed by atoms with Crippen molar-refractivity contribution in [3.8, 4) is 5.75 Å². The zero-order valence-corrected chi connectivity index (χ0v) is 15.3. The molecule has 0 aromatic heterocycles. The van der Waals surface area contributed by atoms with E-state index < -0.39 is 10.0 Å².